The summed E-state index contributed by atoms with van der Waals surface area (Å²) in [6.45, 7) is 3.42. The highest BCUT2D eigenvalue weighted by molar-refractivity contribution is 5.89. The Labute approximate surface area is 113 Å². The molecule has 0 spiro atoms. The van der Waals surface area contributed by atoms with E-state index in [1.807, 2.05) is 18.2 Å². The van der Waals surface area contributed by atoms with Crippen LogP contribution in [0.5, 0.6) is 0 Å². The third kappa shape index (κ3) is 2.53. The van der Waals surface area contributed by atoms with Crippen molar-refractivity contribution >= 4 is 17.5 Å². The number of cyclic esters (lactones) is 1. The summed E-state index contributed by atoms with van der Waals surface area (Å²) in [4.78, 5) is 13.2. The molecule has 1 amide bonds. The lowest BCUT2D eigenvalue weighted by Crippen LogP contribution is -2.24. The molecule has 1 aliphatic carbocycles. The molecule has 2 unspecified atom stereocenters. The zero-order chi connectivity index (χ0) is 13.2. The summed E-state index contributed by atoms with van der Waals surface area (Å²) < 4.78 is 4.98. The van der Waals surface area contributed by atoms with E-state index in [1.54, 1.807) is 4.90 Å². The summed E-state index contributed by atoms with van der Waals surface area (Å²) in [7, 11) is 0. The van der Waals surface area contributed by atoms with Gasteiger partial charge in [-0.3, -0.25) is 4.90 Å². The van der Waals surface area contributed by atoms with Crippen molar-refractivity contribution in [3.05, 3.63) is 24.3 Å². The number of benzene rings is 1. The first-order chi connectivity index (χ1) is 9.24. The molecule has 1 aliphatic heterocycles. The molecule has 1 saturated heterocycles. The second-order valence-corrected chi connectivity index (χ2v) is 5.48. The predicted molar refractivity (Wildman–Crippen MR) is 75.6 cm³/mol. The number of amides is 1. The van der Waals surface area contributed by atoms with Gasteiger partial charge in [-0.1, -0.05) is 19.4 Å². The molecular formula is C15H20N2O2. The van der Waals surface area contributed by atoms with Crippen LogP contribution in [-0.4, -0.2) is 25.3 Å². The summed E-state index contributed by atoms with van der Waals surface area (Å²) in [5, 5.41) is 3.59. The van der Waals surface area contributed by atoms with E-state index in [0.29, 0.717) is 19.2 Å². The van der Waals surface area contributed by atoms with Gasteiger partial charge in [-0.15, -0.1) is 0 Å². The lowest BCUT2D eigenvalue weighted by atomic mass is 10.1. The number of nitrogens with zero attached hydrogens (tertiary/aromatic N) is 1. The summed E-state index contributed by atoms with van der Waals surface area (Å²) in [6, 6.07) is 8.60. The minimum absolute atomic E-state index is 0.244. The summed E-state index contributed by atoms with van der Waals surface area (Å²) in [5.41, 5.74) is 2.01. The van der Waals surface area contributed by atoms with Gasteiger partial charge in [-0.05, 0) is 37.0 Å². The highest BCUT2D eigenvalue weighted by Crippen LogP contribution is 2.29. The van der Waals surface area contributed by atoms with Crippen LogP contribution in [0.4, 0.5) is 16.2 Å². The Balaban J connectivity index is 1.74. The second-order valence-electron chi connectivity index (χ2n) is 5.48. The van der Waals surface area contributed by atoms with Crippen LogP contribution in [-0.2, 0) is 4.74 Å². The Morgan fingerprint density at radius 3 is 2.95 bits per heavy atom. The zero-order valence-electron chi connectivity index (χ0n) is 11.3. The molecular weight excluding hydrogens is 240 g/mol. The van der Waals surface area contributed by atoms with E-state index >= 15 is 0 Å². The number of ether oxygens (including phenoxy) is 1. The monoisotopic (exact) mass is 260 g/mol. The first-order valence-corrected chi connectivity index (χ1v) is 7.05. The highest BCUT2D eigenvalue weighted by atomic mass is 16.6. The quantitative estimate of drug-likeness (QED) is 0.907. The molecule has 2 atom stereocenters. The molecule has 2 fully saturated rings. The first kappa shape index (κ1) is 12.3. The SMILES string of the molecule is CC1CCCC1Nc1cccc(N2CCOC2=O)c1. The Morgan fingerprint density at radius 1 is 1.37 bits per heavy atom. The Hall–Kier alpha value is -1.71. The van der Waals surface area contributed by atoms with Crippen molar-refractivity contribution in [1.29, 1.82) is 0 Å². The highest BCUT2D eigenvalue weighted by Gasteiger charge is 2.25. The van der Waals surface area contributed by atoms with E-state index in [9.17, 15) is 4.79 Å². The van der Waals surface area contributed by atoms with Crippen molar-refractivity contribution in [2.24, 2.45) is 5.92 Å². The molecule has 2 aliphatic rings. The van der Waals surface area contributed by atoms with Gasteiger partial charge < -0.3 is 10.1 Å². The lowest BCUT2D eigenvalue weighted by Gasteiger charge is -2.20. The molecule has 1 aromatic rings. The third-order valence-electron chi connectivity index (χ3n) is 4.13. The molecule has 0 bridgehead atoms. The van der Waals surface area contributed by atoms with Gasteiger partial charge in [0.05, 0.1) is 6.54 Å². The zero-order valence-corrected chi connectivity index (χ0v) is 11.3. The van der Waals surface area contributed by atoms with Crippen LogP contribution in [0, 0.1) is 5.92 Å². The second kappa shape index (κ2) is 5.11. The number of hydrogen-bond acceptors (Lipinski definition) is 3. The van der Waals surface area contributed by atoms with Gasteiger partial charge in [0.2, 0.25) is 0 Å². The molecule has 19 heavy (non-hydrogen) atoms. The summed E-state index contributed by atoms with van der Waals surface area (Å²) in [5.74, 6) is 0.723. The molecule has 3 rings (SSSR count). The van der Waals surface area contributed by atoms with E-state index in [0.717, 1.165) is 17.3 Å². The Morgan fingerprint density at radius 2 is 2.26 bits per heavy atom. The van der Waals surface area contributed by atoms with Crippen molar-refractivity contribution in [1.82, 2.24) is 0 Å². The Bertz CT molecular complexity index is 475. The smallest absolute Gasteiger partial charge is 0.414 e. The molecule has 1 heterocycles. The van der Waals surface area contributed by atoms with Crippen LogP contribution in [0.2, 0.25) is 0 Å². The van der Waals surface area contributed by atoms with Crippen LogP contribution in [0.1, 0.15) is 26.2 Å². The van der Waals surface area contributed by atoms with Crippen LogP contribution in [0.3, 0.4) is 0 Å². The van der Waals surface area contributed by atoms with E-state index in [1.165, 1.54) is 19.3 Å². The van der Waals surface area contributed by atoms with E-state index in [4.69, 9.17) is 4.74 Å². The van der Waals surface area contributed by atoms with E-state index in [2.05, 4.69) is 18.3 Å². The van der Waals surface area contributed by atoms with E-state index < -0.39 is 0 Å². The average molecular weight is 260 g/mol. The fourth-order valence-corrected chi connectivity index (χ4v) is 2.97. The molecule has 4 nitrogen and oxygen atoms in total. The standard InChI is InChI=1S/C15H20N2O2/c1-11-4-2-7-14(11)16-12-5-3-6-13(10-12)17-8-9-19-15(17)18/h3,5-6,10-11,14,16H,2,4,7-9H2,1H3. The largest absolute Gasteiger partial charge is 0.447 e. The number of rotatable bonds is 3. The van der Waals surface area contributed by atoms with Crippen LogP contribution >= 0.6 is 0 Å². The maximum absolute atomic E-state index is 11.6. The molecule has 102 valence electrons. The maximum Gasteiger partial charge on any atom is 0.414 e. The van der Waals surface area contributed by atoms with Crippen LogP contribution < -0.4 is 10.2 Å². The van der Waals surface area contributed by atoms with Gasteiger partial charge in [0.15, 0.2) is 0 Å². The third-order valence-corrected chi connectivity index (χ3v) is 4.13. The Kier molecular flexibility index (Phi) is 3.32. The number of carbonyl (C=O) groups excluding carboxylic acids is 1. The minimum Gasteiger partial charge on any atom is -0.447 e. The normalized spacial score (nSPS) is 26.6. The van der Waals surface area contributed by atoms with Gasteiger partial charge in [-0.2, -0.15) is 0 Å². The number of carbonyl (C=O) groups is 1. The van der Waals surface area contributed by atoms with Gasteiger partial charge in [0.1, 0.15) is 6.61 Å². The molecule has 1 aromatic carbocycles. The average Bonchev–Trinajstić information content (AvgIpc) is 3.00. The van der Waals surface area contributed by atoms with Crippen molar-refractivity contribution in [2.45, 2.75) is 32.2 Å². The van der Waals surface area contributed by atoms with Crippen molar-refractivity contribution in [2.75, 3.05) is 23.4 Å². The molecule has 1 N–H and O–H groups in total. The van der Waals surface area contributed by atoms with Crippen molar-refractivity contribution in [3.8, 4) is 0 Å². The molecule has 0 aromatic heterocycles. The van der Waals surface area contributed by atoms with E-state index in [-0.39, 0.29) is 6.09 Å². The van der Waals surface area contributed by atoms with Gasteiger partial charge in [0, 0.05) is 17.4 Å². The fourth-order valence-electron chi connectivity index (χ4n) is 2.97. The first-order valence-electron chi connectivity index (χ1n) is 7.05. The number of anilines is 2. The molecule has 1 saturated carbocycles. The summed E-state index contributed by atoms with van der Waals surface area (Å²) >= 11 is 0. The fraction of sp³-hybridized carbons (Fsp3) is 0.533. The van der Waals surface area contributed by atoms with Crippen LogP contribution in [0.15, 0.2) is 24.3 Å². The number of nitrogens with one attached hydrogen (secondary N) is 1. The van der Waals surface area contributed by atoms with Gasteiger partial charge >= 0.3 is 6.09 Å². The maximum atomic E-state index is 11.6. The lowest BCUT2D eigenvalue weighted by molar-refractivity contribution is 0.181. The van der Waals surface area contributed by atoms with Gasteiger partial charge in [0.25, 0.3) is 0 Å². The van der Waals surface area contributed by atoms with Crippen molar-refractivity contribution < 1.29 is 9.53 Å². The topological polar surface area (TPSA) is 41.6 Å². The molecule has 4 heteroatoms. The minimum atomic E-state index is -0.244. The number of hydrogen-bond donors (Lipinski definition) is 1. The van der Waals surface area contributed by atoms with Gasteiger partial charge in [-0.25, -0.2) is 4.79 Å². The molecule has 0 radical (unpaired) electrons. The predicted octanol–water partition coefficient (Wildman–Crippen LogP) is 3.24. The summed E-state index contributed by atoms with van der Waals surface area (Å²) in [6.07, 6.45) is 3.59. The van der Waals surface area contributed by atoms with Crippen molar-refractivity contribution in [3.63, 3.8) is 0 Å². The van der Waals surface area contributed by atoms with Crippen LogP contribution in [0.25, 0.3) is 0 Å².